The van der Waals surface area contributed by atoms with Crippen molar-refractivity contribution in [1.29, 1.82) is 0 Å². The highest BCUT2D eigenvalue weighted by molar-refractivity contribution is 6.06. The molecule has 1 aliphatic rings. The molecule has 3 amide bonds. The van der Waals surface area contributed by atoms with Gasteiger partial charge in [0, 0.05) is 18.5 Å². The first kappa shape index (κ1) is 17.7. The van der Waals surface area contributed by atoms with Gasteiger partial charge in [-0.15, -0.1) is 0 Å². The van der Waals surface area contributed by atoms with Gasteiger partial charge in [-0.25, -0.2) is 14.0 Å². The fourth-order valence-corrected chi connectivity index (χ4v) is 2.58. The van der Waals surface area contributed by atoms with Crippen molar-refractivity contribution in [3.05, 3.63) is 23.0 Å². The van der Waals surface area contributed by atoms with Gasteiger partial charge in [-0.3, -0.25) is 15.0 Å². The number of amides is 3. The van der Waals surface area contributed by atoms with Gasteiger partial charge in [0.1, 0.15) is 11.3 Å². The van der Waals surface area contributed by atoms with E-state index in [0.29, 0.717) is 5.56 Å². The summed E-state index contributed by atoms with van der Waals surface area (Å²) in [5.41, 5.74) is -0.934. The van der Waals surface area contributed by atoms with E-state index in [1.165, 1.54) is 13.2 Å². The normalized spacial score (nSPS) is 15.3. The van der Waals surface area contributed by atoms with E-state index in [1.807, 2.05) is 20.8 Å². The summed E-state index contributed by atoms with van der Waals surface area (Å²) < 4.78 is 20.0. The summed E-state index contributed by atoms with van der Waals surface area (Å²) in [6.07, 6.45) is 0.00443. The van der Waals surface area contributed by atoms with Crippen LogP contribution in [0.25, 0.3) is 0 Å². The predicted molar refractivity (Wildman–Crippen MR) is 84.1 cm³/mol. The van der Waals surface area contributed by atoms with Crippen molar-refractivity contribution in [2.24, 2.45) is 0 Å². The number of urea groups is 1. The largest absolute Gasteiger partial charge is 0.495 e. The van der Waals surface area contributed by atoms with Crippen molar-refractivity contribution < 1.29 is 28.6 Å². The minimum absolute atomic E-state index is 0.00443. The van der Waals surface area contributed by atoms with Crippen molar-refractivity contribution in [1.82, 2.24) is 5.32 Å². The first-order chi connectivity index (χ1) is 11.1. The number of ether oxygens (including phenoxy) is 1. The number of benzene rings is 1. The zero-order valence-corrected chi connectivity index (χ0v) is 13.9. The topological polar surface area (TPSA) is 95.9 Å². The number of nitrogens with one attached hydrogen (secondary N) is 1. The number of hydrogen-bond donors (Lipinski definition) is 2. The van der Waals surface area contributed by atoms with E-state index >= 15 is 0 Å². The lowest BCUT2D eigenvalue weighted by Crippen LogP contribution is -2.50. The summed E-state index contributed by atoms with van der Waals surface area (Å²) >= 11 is 0. The Hall–Kier alpha value is -2.64. The molecule has 1 fully saturated rings. The number of carboxylic acid groups (broad SMARTS) is 1. The summed E-state index contributed by atoms with van der Waals surface area (Å²) in [6, 6.07) is 0.613. The van der Waals surface area contributed by atoms with Crippen LogP contribution in [0.3, 0.4) is 0 Å². The van der Waals surface area contributed by atoms with E-state index in [0.717, 1.165) is 4.90 Å². The Balaban J connectivity index is 2.73. The zero-order valence-electron chi connectivity index (χ0n) is 13.9. The zero-order chi connectivity index (χ0) is 18.2. The Kier molecular flexibility index (Phi) is 4.50. The van der Waals surface area contributed by atoms with Crippen LogP contribution in [-0.4, -0.2) is 36.7 Å². The maximum atomic E-state index is 14.8. The Morgan fingerprint density at radius 3 is 2.46 bits per heavy atom. The van der Waals surface area contributed by atoms with Crippen LogP contribution in [0.4, 0.5) is 14.9 Å². The van der Waals surface area contributed by atoms with Gasteiger partial charge in [-0.1, -0.05) is 20.8 Å². The maximum Gasteiger partial charge on any atom is 0.342 e. The Morgan fingerprint density at radius 2 is 2.00 bits per heavy atom. The highest BCUT2D eigenvalue weighted by Gasteiger charge is 2.34. The third kappa shape index (κ3) is 3.04. The molecule has 8 heteroatoms. The second kappa shape index (κ2) is 6.10. The van der Waals surface area contributed by atoms with Gasteiger partial charge < -0.3 is 9.84 Å². The fourth-order valence-electron chi connectivity index (χ4n) is 2.58. The van der Waals surface area contributed by atoms with Crippen LogP contribution in [-0.2, 0) is 10.2 Å². The second-order valence-electron chi connectivity index (χ2n) is 6.48. The van der Waals surface area contributed by atoms with E-state index in [9.17, 15) is 23.9 Å². The SMILES string of the molecule is COc1c(C(C)(C)C)cc(N2CCC(=O)NC2=O)c(F)c1C(=O)O. The van der Waals surface area contributed by atoms with Gasteiger partial charge in [0.15, 0.2) is 5.82 Å². The molecule has 2 N–H and O–H groups in total. The number of hydrogen-bond acceptors (Lipinski definition) is 4. The van der Waals surface area contributed by atoms with Crippen LogP contribution in [0.1, 0.15) is 43.1 Å². The molecular weight excluding hydrogens is 319 g/mol. The molecule has 130 valence electrons. The molecular formula is C16H19FN2O5. The van der Waals surface area contributed by atoms with Crippen LogP contribution in [0.15, 0.2) is 6.07 Å². The van der Waals surface area contributed by atoms with Crippen molar-refractivity contribution in [2.45, 2.75) is 32.6 Å². The highest BCUT2D eigenvalue weighted by atomic mass is 19.1. The fraction of sp³-hybridized carbons (Fsp3) is 0.438. The predicted octanol–water partition coefficient (Wildman–Crippen LogP) is 2.28. The Morgan fingerprint density at radius 1 is 1.38 bits per heavy atom. The molecule has 1 aromatic rings. The van der Waals surface area contributed by atoms with Crippen molar-refractivity contribution in [3.63, 3.8) is 0 Å². The van der Waals surface area contributed by atoms with Gasteiger partial charge in [0.25, 0.3) is 0 Å². The van der Waals surface area contributed by atoms with E-state index in [4.69, 9.17) is 4.74 Å². The molecule has 0 radical (unpaired) electrons. The van der Waals surface area contributed by atoms with Crippen LogP contribution in [0.2, 0.25) is 0 Å². The summed E-state index contributed by atoms with van der Waals surface area (Å²) in [4.78, 5) is 35.9. The highest BCUT2D eigenvalue weighted by Crippen LogP contribution is 2.40. The molecule has 1 aromatic carbocycles. The molecule has 1 heterocycles. The number of carbonyl (C=O) groups is 3. The maximum absolute atomic E-state index is 14.8. The lowest BCUT2D eigenvalue weighted by atomic mass is 9.84. The van der Waals surface area contributed by atoms with Gasteiger partial charge in [0.05, 0.1) is 12.8 Å². The van der Waals surface area contributed by atoms with E-state index in [2.05, 4.69) is 5.32 Å². The number of carbonyl (C=O) groups excluding carboxylic acids is 2. The molecule has 0 atom stereocenters. The second-order valence-corrected chi connectivity index (χ2v) is 6.48. The molecule has 1 aliphatic heterocycles. The standard InChI is InChI=1S/C16H19FN2O5/c1-16(2,3)8-7-9(19-6-5-10(20)18-15(19)23)12(17)11(14(21)22)13(8)24-4/h7H,5-6H2,1-4H3,(H,21,22)(H,18,20,23). The minimum atomic E-state index is -1.50. The van der Waals surface area contributed by atoms with E-state index in [1.54, 1.807) is 0 Å². The van der Waals surface area contributed by atoms with Crippen molar-refractivity contribution >= 4 is 23.6 Å². The first-order valence-electron chi connectivity index (χ1n) is 7.33. The minimum Gasteiger partial charge on any atom is -0.495 e. The molecule has 7 nitrogen and oxygen atoms in total. The number of nitrogens with zero attached hydrogens (tertiary/aromatic N) is 1. The monoisotopic (exact) mass is 338 g/mol. The summed E-state index contributed by atoms with van der Waals surface area (Å²) in [5, 5.41) is 11.5. The van der Waals surface area contributed by atoms with Crippen molar-refractivity contribution in [2.75, 3.05) is 18.6 Å². The lowest BCUT2D eigenvalue weighted by Gasteiger charge is -2.30. The number of rotatable bonds is 3. The van der Waals surface area contributed by atoms with Gasteiger partial charge >= 0.3 is 12.0 Å². The van der Waals surface area contributed by atoms with Crippen LogP contribution in [0.5, 0.6) is 5.75 Å². The number of methoxy groups -OCH3 is 1. The smallest absolute Gasteiger partial charge is 0.342 e. The third-order valence-corrected chi connectivity index (χ3v) is 3.77. The van der Waals surface area contributed by atoms with E-state index < -0.39 is 34.7 Å². The first-order valence-corrected chi connectivity index (χ1v) is 7.33. The number of aromatic carboxylic acids is 1. The van der Waals surface area contributed by atoms with Crippen LogP contribution >= 0.6 is 0 Å². The molecule has 0 aliphatic carbocycles. The van der Waals surface area contributed by atoms with Gasteiger partial charge in [-0.05, 0) is 11.5 Å². The number of carboxylic acids is 1. The number of imide groups is 1. The molecule has 0 bridgehead atoms. The molecule has 2 rings (SSSR count). The molecule has 0 aromatic heterocycles. The Labute approximate surface area is 138 Å². The van der Waals surface area contributed by atoms with Crippen LogP contribution in [0, 0.1) is 5.82 Å². The average Bonchev–Trinajstić information content (AvgIpc) is 2.45. The number of anilines is 1. The summed E-state index contributed by atoms with van der Waals surface area (Å²) in [6.45, 7) is 5.42. The van der Waals surface area contributed by atoms with Gasteiger partial charge in [0.2, 0.25) is 5.91 Å². The van der Waals surface area contributed by atoms with Gasteiger partial charge in [-0.2, -0.15) is 0 Å². The third-order valence-electron chi connectivity index (χ3n) is 3.77. The quantitative estimate of drug-likeness (QED) is 0.881. The number of halogens is 1. The molecule has 0 spiro atoms. The molecule has 0 unspecified atom stereocenters. The summed E-state index contributed by atoms with van der Waals surface area (Å²) in [5.74, 6) is -3.11. The van der Waals surface area contributed by atoms with Crippen LogP contribution < -0.4 is 15.0 Å². The summed E-state index contributed by atoms with van der Waals surface area (Å²) in [7, 11) is 1.27. The average molecular weight is 338 g/mol. The molecule has 1 saturated heterocycles. The molecule has 0 saturated carbocycles. The van der Waals surface area contributed by atoms with Crippen molar-refractivity contribution in [3.8, 4) is 5.75 Å². The van der Waals surface area contributed by atoms with E-state index in [-0.39, 0.29) is 24.4 Å². The molecule has 24 heavy (non-hydrogen) atoms. The lowest BCUT2D eigenvalue weighted by molar-refractivity contribution is -0.120. The Bertz CT molecular complexity index is 724.